The summed E-state index contributed by atoms with van der Waals surface area (Å²) in [4.78, 5) is 11.2. The molecule has 0 amide bonds. The van der Waals surface area contributed by atoms with E-state index in [9.17, 15) is 26.3 Å². The first-order valence-corrected chi connectivity index (χ1v) is 5.30. The van der Waals surface area contributed by atoms with Gasteiger partial charge in [0.1, 0.15) is 12.1 Å². The van der Waals surface area contributed by atoms with Gasteiger partial charge in [-0.05, 0) is 13.0 Å². The fourth-order valence-corrected chi connectivity index (χ4v) is 1.53. The first-order chi connectivity index (χ1) is 9.14. The fraction of sp³-hybridized carbons (Fsp3) is 0.400. The van der Waals surface area contributed by atoms with Gasteiger partial charge in [-0.25, -0.2) is 9.97 Å². The molecule has 0 aliphatic heterocycles. The number of rotatable bonds is 2. The lowest BCUT2D eigenvalue weighted by molar-refractivity contribution is -0.154. The van der Waals surface area contributed by atoms with Crippen LogP contribution in [-0.4, -0.2) is 21.3 Å². The molecule has 0 atom stereocenters. The summed E-state index contributed by atoms with van der Waals surface area (Å²) in [5.74, 6) is -1.46. The number of imidazole rings is 1. The number of halogens is 6. The Hall–Kier alpha value is -2.00. The van der Waals surface area contributed by atoms with E-state index in [1.807, 2.05) is 0 Å². The Morgan fingerprint density at radius 3 is 2.30 bits per heavy atom. The molecule has 0 radical (unpaired) electrons. The SMILES string of the molecule is CCOn1c(C(F)(F)F)nc2ncc(C(F)(F)F)cc21. The average Bonchev–Trinajstić information content (AvgIpc) is 2.67. The quantitative estimate of drug-likeness (QED) is 0.801. The third-order valence-electron chi connectivity index (χ3n) is 2.31. The summed E-state index contributed by atoms with van der Waals surface area (Å²) in [7, 11) is 0. The van der Waals surface area contributed by atoms with Crippen LogP contribution >= 0.6 is 0 Å². The normalized spacial score (nSPS) is 12.9. The molecule has 2 aromatic rings. The minimum atomic E-state index is -4.87. The van der Waals surface area contributed by atoms with Gasteiger partial charge in [0.05, 0.1) is 5.56 Å². The molecule has 20 heavy (non-hydrogen) atoms. The maximum atomic E-state index is 12.7. The molecule has 0 N–H and O–H groups in total. The van der Waals surface area contributed by atoms with Crippen LogP contribution in [0.4, 0.5) is 26.3 Å². The molecule has 0 aliphatic carbocycles. The molecular weight excluding hydrogens is 292 g/mol. The number of hydrogen-bond donors (Lipinski definition) is 0. The predicted molar refractivity (Wildman–Crippen MR) is 54.7 cm³/mol. The van der Waals surface area contributed by atoms with Gasteiger partial charge < -0.3 is 4.84 Å². The minimum absolute atomic E-state index is 0.176. The van der Waals surface area contributed by atoms with E-state index in [1.54, 1.807) is 0 Å². The van der Waals surface area contributed by atoms with Gasteiger partial charge in [-0.3, -0.25) is 0 Å². The highest BCUT2D eigenvalue weighted by atomic mass is 19.4. The Kier molecular flexibility index (Phi) is 3.26. The van der Waals surface area contributed by atoms with Crippen molar-refractivity contribution in [3.8, 4) is 0 Å². The van der Waals surface area contributed by atoms with Crippen molar-refractivity contribution in [2.24, 2.45) is 0 Å². The van der Waals surface area contributed by atoms with Gasteiger partial charge in [0.25, 0.3) is 5.82 Å². The van der Waals surface area contributed by atoms with Crippen LogP contribution in [-0.2, 0) is 12.4 Å². The standard InChI is InChI=1S/C10H7F6N3O/c1-2-20-19-6-3-5(9(11,12)13)4-17-7(6)18-8(19)10(14,15)16/h3-4H,2H2,1H3. The fourth-order valence-electron chi connectivity index (χ4n) is 1.53. The number of hydrogen-bond acceptors (Lipinski definition) is 3. The van der Waals surface area contributed by atoms with Crippen molar-refractivity contribution in [2.75, 3.05) is 6.61 Å². The summed E-state index contributed by atoms with van der Waals surface area (Å²) in [6.07, 6.45) is -9.17. The van der Waals surface area contributed by atoms with E-state index < -0.39 is 34.9 Å². The predicted octanol–water partition coefficient (Wildman–Crippen LogP) is 2.92. The van der Waals surface area contributed by atoms with Crippen LogP contribution < -0.4 is 4.84 Å². The Bertz CT molecular complexity index is 630. The second kappa shape index (κ2) is 4.53. The highest BCUT2D eigenvalue weighted by Gasteiger charge is 2.40. The van der Waals surface area contributed by atoms with Crippen LogP contribution in [0.15, 0.2) is 12.3 Å². The lowest BCUT2D eigenvalue weighted by atomic mass is 10.2. The molecule has 0 fully saturated rings. The first-order valence-electron chi connectivity index (χ1n) is 5.30. The monoisotopic (exact) mass is 299 g/mol. The molecule has 2 aromatic heterocycles. The van der Waals surface area contributed by atoms with Crippen molar-refractivity contribution >= 4 is 11.2 Å². The van der Waals surface area contributed by atoms with Crippen LogP contribution in [0.1, 0.15) is 18.3 Å². The van der Waals surface area contributed by atoms with E-state index >= 15 is 0 Å². The molecule has 0 spiro atoms. The van der Waals surface area contributed by atoms with Crippen molar-refractivity contribution in [1.29, 1.82) is 0 Å². The Morgan fingerprint density at radius 2 is 1.80 bits per heavy atom. The summed E-state index contributed by atoms with van der Waals surface area (Å²) in [5.41, 5.74) is -2.15. The van der Waals surface area contributed by atoms with E-state index in [1.165, 1.54) is 6.92 Å². The van der Waals surface area contributed by atoms with Crippen LogP contribution in [0.3, 0.4) is 0 Å². The maximum absolute atomic E-state index is 12.7. The highest BCUT2D eigenvalue weighted by molar-refractivity contribution is 5.72. The number of aromatic nitrogens is 3. The molecule has 110 valence electrons. The summed E-state index contributed by atoms with van der Waals surface area (Å²) in [5, 5.41) is 0. The molecule has 2 heterocycles. The number of pyridine rings is 1. The van der Waals surface area contributed by atoms with Crippen LogP contribution in [0.5, 0.6) is 0 Å². The molecule has 4 nitrogen and oxygen atoms in total. The molecule has 0 bridgehead atoms. The van der Waals surface area contributed by atoms with Gasteiger partial charge in [-0.2, -0.15) is 31.1 Å². The van der Waals surface area contributed by atoms with Crippen molar-refractivity contribution in [3.63, 3.8) is 0 Å². The lowest BCUT2D eigenvalue weighted by Gasteiger charge is -2.11. The van der Waals surface area contributed by atoms with Crippen LogP contribution in [0.25, 0.3) is 11.2 Å². The minimum Gasteiger partial charge on any atom is -0.412 e. The largest absolute Gasteiger partial charge is 0.453 e. The van der Waals surface area contributed by atoms with Crippen LogP contribution in [0, 0.1) is 0 Å². The molecule has 10 heteroatoms. The van der Waals surface area contributed by atoms with Crippen LogP contribution in [0.2, 0.25) is 0 Å². The van der Waals surface area contributed by atoms with Gasteiger partial charge in [0.15, 0.2) is 5.65 Å². The Labute approximate surface area is 107 Å². The Morgan fingerprint density at radius 1 is 1.15 bits per heavy atom. The number of alkyl halides is 6. The maximum Gasteiger partial charge on any atom is 0.453 e. The number of fused-ring (bicyclic) bond motifs is 1. The van der Waals surface area contributed by atoms with Gasteiger partial charge >= 0.3 is 12.4 Å². The summed E-state index contributed by atoms with van der Waals surface area (Å²) in [6.45, 7) is 1.22. The van der Waals surface area contributed by atoms with Gasteiger partial charge in [-0.15, -0.1) is 0 Å². The van der Waals surface area contributed by atoms with Crippen molar-refractivity contribution in [2.45, 2.75) is 19.3 Å². The van der Waals surface area contributed by atoms with Crippen molar-refractivity contribution < 1.29 is 31.2 Å². The molecule has 2 rings (SSSR count). The molecule has 0 saturated carbocycles. The molecule has 0 unspecified atom stereocenters. The van der Waals surface area contributed by atoms with Crippen molar-refractivity contribution in [3.05, 3.63) is 23.7 Å². The zero-order valence-corrected chi connectivity index (χ0v) is 9.88. The molecule has 0 aliphatic rings. The molecule has 0 aromatic carbocycles. The molecular formula is C10H7F6N3O. The Balaban J connectivity index is 2.70. The average molecular weight is 299 g/mol. The first kappa shape index (κ1) is 14.4. The summed E-state index contributed by atoms with van der Waals surface area (Å²) < 4.78 is 76.0. The molecule has 0 saturated heterocycles. The number of nitrogens with zero attached hydrogens (tertiary/aromatic N) is 3. The third kappa shape index (κ3) is 2.49. The summed E-state index contributed by atoms with van der Waals surface area (Å²) >= 11 is 0. The third-order valence-corrected chi connectivity index (χ3v) is 2.31. The zero-order valence-electron chi connectivity index (χ0n) is 9.88. The second-order valence-corrected chi connectivity index (χ2v) is 3.71. The van der Waals surface area contributed by atoms with Gasteiger partial charge in [-0.1, -0.05) is 0 Å². The topological polar surface area (TPSA) is 39.9 Å². The highest BCUT2D eigenvalue weighted by Crippen LogP contribution is 2.33. The van der Waals surface area contributed by atoms with E-state index in [0.29, 0.717) is 12.3 Å². The van der Waals surface area contributed by atoms with E-state index in [-0.39, 0.29) is 11.3 Å². The van der Waals surface area contributed by atoms with E-state index in [4.69, 9.17) is 4.84 Å². The van der Waals surface area contributed by atoms with E-state index in [0.717, 1.165) is 0 Å². The smallest absolute Gasteiger partial charge is 0.412 e. The van der Waals surface area contributed by atoms with E-state index in [2.05, 4.69) is 9.97 Å². The zero-order chi connectivity index (χ0) is 15.1. The second-order valence-electron chi connectivity index (χ2n) is 3.71. The summed E-state index contributed by atoms with van der Waals surface area (Å²) in [6, 6.07) is 0.514. The van der Waals surface area contributed by atoms with Crippen molar-refractivity contribution in [1.82, 2.24) is 14.7 Å². The van der Waals surface area contributed by atoms with Gasteiger partial charge in [0.2, 0.25) is 0 Å². The lowest BCUT2D eigenvalue weighted by Crippen LogP contribution is -2.21. The van der Waals surface area contributed by atoms with Gasteiger partial charge in [0, 0.05) is 6.20 Å².